The minimum atomic E-state index is 0.0141. The maximum absolute atomic E-state index is 9.32. The Balaban J connectivity index is 2.06. The van der Waals surface area contributed by atoms with Gasteiger partial charge < -0.3 is 15.7 Å². The lowest BCUT2D eigenvalue weighted by Crippen LogP contribution is -2.37. The van der Waals surface area contributed by atoms with Gasteiger partial charge in [-0.25, -0.2) is 0 Å². The van der Waals surface area contributed by atoms with E-state index in [1.165, 1.54) is 0 Å². The molecule has 0 saturated heterocycles. The van der Waals surface area contributed by atoms with Gasteiger partial charge in [0.2, 0.25) is 0 Å². The smallest absolute Gasteiger partial charge is 0.117 e. The van der Waals surface area contributed by atoms with Crippen molar-refractivity contribution in [3.8, 4) is 5.75 Å². The lowest BCUT2D eigenvalue weighted by Gasteiger charge is -2.23. The molecule has 1 aromatic rings. The van der Waals surface area contributed by atoms with Crippen LogP contribution in [0.5, 0.6) is 5.75 Å². The minimum Gasteiger partial charge on any atom is -0.508 e. The van der Waals surface area contributed by atoms with Gasteiger partial charge in [0.05, 0.1) is 0 Å². The van der Waals surface area contributed by atoms with Gasteiger partial charge in [0, 0.05) is 30.9 Å². The molecule has 2 rings (SSSR count). The van der Waals surface area contributed by atoms with Crippen molar-refractivity contribution in [1.82, 2.24) is 0 Å². The molecule has 0 amide bonds. The third kappa shape index (κ3) is 1.99. The molecule has 1 aliphatic carbocycles. The highest BCUT2D eigenvalue weighted by molar-refractivity contribution is 5.50. The summed E-state index contributed by atoms with van der Waals surface area (Å²) in [5.74, 6) is 0.302. The van der Waals surface area contributed by atoms with Crippen LogP contribution in [-0.2, 0) is 0 Å². The summed E-state index contributed by atoms with van der Waals surface area (Å²) in [5.41, 5.74) is 7.05. The van der Waals surface area contributed by atoms with Gasteiger partial charge in [-0.05, 0) is 25.0 Å². The fourth-order valence-electron chi connectivity index (χ4n) is 1.61. The quantitative estimate of drug-likeness (QED) is 0.759. The van der Waals surface area contributed by atoms with Gasteiger partial charge in [0.15, 0.2) is 0 Å². The maximum Gasteiger partial charge on any atom is 0.117 e. The van der Waals surface area contributed by atoms with Crippen LogP contribution in [0.1, 0.15) is 12.8 Å². The van der Waals surface area contributed by atoms with Gasteiger partial charge >= 0.3 is 0 Å². The number of nitrogens with zero attached hydrogens (tertiary/aromatic N) is 1. The zero-order chi connectivity index (χ0) is 10.2. The van der Waals surface area contributed by atoms with E-state index in [0.717, 1.165) is 25.1 Å². The summed E-state index contributed by atoms with van der Waals surface area (Å²) in [5, 5.41) is 9.32. The summed E-state index contributed by atoms with van der Waals surface area (Å²) in [6, 6.07) is 7.25. The van der Waals surface area contributed by atoms with Crippen LogP contribution in [0.4, 0.5) is 5.69 Å². The predicted octanol–water partition coefficient (Wildman–Crippen LogP) is 1.32. The van der Waals surface area contributed by atoms with Gasteiger partial charge in [0.25, 0.3) is 0 Å². The van der Waals surface area contributed by atoms with Gasteiger partial charge in [0.1, 0.15) is 5.75 Å². The number of aromatic hydroxyl groups is 1. The molecular formula is C11H16N2O. The van der Waals surface area contributed by atoms with Crippen molar-refractivity contribution in [2.75, 3.05) is 18.5 Å². The highest BCUT2D eigenvalue weighted by Crippen LogP contribution is 2.34. The second-order valence-corrected chi connectivity index (χ2v) is 4.24. The molecule has 14 heavy (non-hydrogen) atoms. The lowest BCUT2D eigenvalue weighted by molar-refractivity contribution is 0.475. The van der Waals surface area contributed by atoms with Crippen LogP contribution in [-0.4, -0.2) is 24.2 Å². The first-order chi connectivity index (χ1) is 6.59. The number of hydrogen-bond acceptors (Lipinski definition) is 3. The molecule has 0 bridgehead atoms. The fourth-order valence-corrected chi connectivity index (χ4v) is 1.61. The molecule has 0 spiro atoms. The Hall–Kier alpha value is -1.22. The first-order valence-electron chi connectivity index (χ1n) is 4.88. The van der Waals surface area contributed by atoms with Crippen molar-refractivity contribution >= 4 is 5.69 Å². The number of benzene rings is 1. The normalized spacial score (nSPS) is 17.9. The summed E-state index contributed by atoms with van der Waals surface area (Å²) in [6.45, 7) is 0.858. The van der Waals surface area contributed by atoms with Crippen molar-refractivity contribution in [2.45, 2.75) is 18.4 Å². The van der Waals surface area contributed by atoms with E-state index in [-0.39, 0.29) is 5.54 Å². The summed E-state index contributed by atoms with van der Waals surface area (Å²) in [7, 11) is 2.00. The number of nitrogens with two attached hydrogens (primary N) is 1. The van der Waals surface area contributed by atoms with Crippen LogP contribution >= 0.6 is 0 Å². The molecule has 0 aromatic heterocycles. The second kappa shape index (κ2) is 3.17. The average molecular weight is 192 g/mol. The molecule has 3 heteroatoms. The van der Waals surface area contributed by atoms with Crippen LogP contribution in [0.3, 0.4) is 0 Å². The van der Waals surface area contributed by atoms with Crippen LogP contribution in [0.25, 0.3) is 0 Å². The molecule has 1 fully saturated rings. The number of hydrogen-bond donors (Lipinski definition) is 2. The number of anilines is 1. The van der Waals surface area contributed by atoms with Crippen molar-refractivity contribution < 1.29 is 5.11 Å². The molecule has 1 aliphatic rings. The Morgan fingerprint density at radius 3 is 2.79 bits per heavy atom. The van der Waals surface area contributed by atoms with Crippen LogP contribution in [0, 0.1) is 0 Å². The van der Waals surface area contributed by atoms with E-state index in [4.69, 9.17) is 5.73 Å². The SMILES string of the molecule is CN(CC1(N)CC1)c1cccc(O)c1. The molecule has 0 aliphatic heterocycles. The molecule has 1 aromatic carbocycles. The van der Waals surface area contributed by atoms with Crippen LogP contribution < -0.4 is 10.6 Å². The molecule has 0 unspecified atom stereocenters. The van der Waals surface area contributed by atoms with E-state index in [1.54, 1.807) is 12.1 Å². The van der Waals surface area contributed by atoms with E-state index in [1.807, 2.05) is 19.2 Å². The molecule has 1 saturated carbocycles. The minimum absolute atomic E-state index is 0.0141. The number of rotatable bonds is 3. The third-order valence-corrected chi connectivity index (χ3v) is 2.71. The summed E-state index contributed by atoms with van der Waals surface area (Å²) >= 11 is 0. The first kappa shape index (κ1) is 9.34. The number of phenols is 1. The fraction of sp³-hybridized carbons (Fsp3) is 0.455. The van der Waals surface area contributed by atoms with Crippen molar-refractivity contribution in [2.24, 2.45) is 5.73 Å². The van der Waals surface area contributed by atoms with Crippen LogP contribution in [0.2, 0.25) is 0 Å². The molecule has 76 valence electrons. The van der Waals surface area contributed by atoms with E-state index in [9.17, 15) is 5.11 Å². The Bertz CT molecular complexity index is 334. The maximum atomic E-state index is 9.32. The van der Waals surface area contributed by atoms with E-state index in [2.05, 4.69) is 4.90 Å². The molecule has 0 atom stereocenters. The van der Waals surface area contributed by atoms with Crippen molar-refractivity contribution in [1.29, 1.82) is 0 Å². The highest BCUT2D eigenvalue weighted by atomic mass is 16.3. The zero-order valence-corrected chi connectivity index (χ0v) is 8.40. The van der Waals surface area contributed by atoms with E-state index < -0.39 is 0 Å². The monoisotopic (exact) mass is 192 g/mol. The van der Waals surface area contributed by atoms with Crippen molar-refractivity contribution in [3.05, 3.63) is 24.3 Å². The molecule has 0 radical (unpaired) electrons. The Kier molecular flexibility index (Phi) is 2.11. The van der Waals surface area contributed by atoms with Crippen LogP contribution in [0.15, 0.2) is 24.3 Å². The van der Waals surface area contributed by atoms with Gasteiger partial charge in [-0.3, -0.25) is 0 Å². The molecular weight excluding hydrogens is 176 g/mol. The van der Waals surface area contributed by atoms with E-state index >= 15 is 0 Å². The van der Waals surface area contributed by atoms with Gasteiger partial charge in [-0.15, -0.1) is 0 Å². The summed E-state index contributed by atoms with van der Waals surface area (Å²) in [4.78, 5) is 2.09. The summed E-state index contributed by atoms with van der Waals surface area (Å²) < 4.78 is 0. The molecule has 0 heterocycles. The lowest BCUT2D eigenvalue weighted by atomic mass is 10.2. The largest absolute Gasteiger partial charge is 0.508 e. The Labute approximate surface area is 84.1 Å². The van der Waals surface area contributed by atoms with Gasteiger partial charge in [-0.2, -0.15) is 0 Å². The first-order valence-corrected chi connectivity index (χ1v) is 4.88. The zero-order valence-electron chi connectivity index (χ0n) is 8.40. The number of phenolic OH excluding ortho intramolecular Hbond substituents is 1. The number of likely N-dealkylation sites (N-methyl/N-ethyl adjacent to an activating group) is 1. The summed E-state index contributed by atoms with van der Waals surface area (Å²) in [6.07, 6.45) is 2.21. The molecule has 3 N–H and O–H groups in total. The third-order valence-electron chi connectivity index (χ3n) is 2.71. The molecule has 3 nitrogen and oxygen atoms in total. The Morgan fingerprint density at radius 2 is 2.21 bits per heavy atom. The Morgan fingerprint density at radius 1 is 1.50 bits per heavy atom. The van der Waals surface area contributed by atoms with E-state index in [0.29, 0.717) is 5.75 Å². The topological polar surface area (TPSA) is 49.5 Å². The second-order valence-electron chi connectivity index (χ2n) is 4.24. The van der Waals surface area contributed by atoms with Crippen molar-refractivity contribution in [3.63, 3.8) is 0 Å². The standard InChI is InChI=1S/C11H16N2O/c1-13(8-11(12)5-6-11)9-3-2-4-10(14)7-9/h2-4,7,14H,5-6,8,12H2,1H3. The average Bonchev–Trinajstić information content (AvgIpc) is 2.83. The predicted molar refractivity (Wildman–Crippen MR) is 57.5 cm³/mol. The van der Waals surface area contributed by atoms with Gasteiger partial charge in [-0.1, -0.05) is 6.07 Å². The highest BCUT2D eigenvalue weighted by Gasteiger charge is 2.39.